The summed E-state index contributed by atoms with van der Waals surface area (Å²) in [5, 5.41) is 3.96. The molecule has 5 heterocycles. The third-order valence-electron chi connectivity index (χ3n) is 7.10. The van der Waals surface area contributed by atoms with E-state index in [1.807, 2.05) is 7.05 Å². The largest absolute Gasteiger partial charge is 0.431 e. The molecule has 0 aliphatic carbocycles. The summed E-state index contributed by atoms with van der Waals surface area (Å²) in [7, 11) is 1.89. The second kappa shape index (κ2) is 7.76. The minimum atomic E-state index is -4.43. The predicted molar refractivity (Wildman–Crippen MR) is 112 cm³/mol. The van der Waals surface area contributed by atoms with Crippen molar-refractivity contribution in [2.45, 2.75) is 44.5 Å². The van der Waals surface area contributed by atoms with Gasteiger partial charge in [-0.3, -0.25) is 9.69 Å². The van der Waals surface area contributed by atoms with Crippen molar-refractivity contribution in [1.82, 2.24) is 29.0 Å². The number of nitrogens with zero attached hydrogens (tertiary/aromatic N) is 6. The summed E-state index contributed by atoms with van der Waals surface area (Å²) in [6.07, 6.45) is -5.07. The molecule has 0 radical (unpaired) electrons. The van der Waals surface area contributed by atoms with Crippen molar-refractivity contribution >= 4 is 11.6 Å². The molecular formula is C22H23F5N6O. The molecular weight excluding hydrogens is 459 g/mol. The van der Waals surface area contributed by atoms with Gasteiger partial charge < -0.3 is 9.47 Å². The Hall–Kier alpha value is -3.02. The van der Waals surface area contributed by atoms with Gasteiger partial charge in [0.15, 0.2) is 5.65 Å². The first kappa shape index (κ1) is 22.8. The third-order valence-corrected chi connectivity index (χ3v) is 7.10. The molecule has 0 aromatic carbocycles. The third kappa shape index (κ3) is 3.38. The van der Waals surface area contributed by atoms with Crippen LogP contribution >= 0.6 is 0 Å². The molecule has 1 fully saturated rings. The molecule has 3 aromatic rings. The lowest BCUT2D eigenvalue weighted by atomic mass is 9.81. The molecule has 182 valence electrons. The molecule has 1 spiro atoms. The summed E-state index contributed by atoms with van der Waals surface area (Å²) in [6.45, 7) is 2.90. The van der Waals surface area contributed by atoms with E-state index in [9.17, 15) is 26.7 Å². The van der Waals surface area contributed by atoms with Crippen molar-refractivity contribution in [2.24, 2.45) is 0 Å². The number of halogens is 5. The maximum Gasteiger partial charge on any atom is 0.431 e. The number of fused-ring (bicyclic) bond motifs is 3. The quantitative estimate of drug-likeness (QED) is 0.521. The first-order valence-corrected chi connectivity index (χ1v) is 10.9. The Kier molecular flexibility index (Phi) is 5.19. The highest BCUT2D eigenvalue weighted by atomic mass is 19.4. The van der Waals surface area contributed by atoms with Gasteiger partial charge in [0.25, 0.3) is 12.3 Å². The second-order valence-corrected chi connectivity index (χ2v) is 8.92. The topological polar surface area (TPSA) is 58.7 Å². The van der Waals surface area contributed by atoms with Crippen LogP contribution < -0.4 is 0 Å². The molecule has 34 heavy (non-hydrogen) atoms. The van der Waals surface area contributed by atoms with E-state index in [2.05, 4.69) is 15.0 Å². The molecule has 0 unspecified atom stereocenters. The highest BCUT2D eigenvalue weighted by Gasteiger charge is 2.47. The Bertz CT molecular complexity index is 1250. The number of piperidine rings is 1. The van der Waals surface area contributed by atoms with E-state index in [1.165, 1.54) is 16.8 Å². The van der Waals surface area contributed by atoms with E-state index >= 15 is 0 Å². The summed E-state index contributed by atoms with van der Waals surface area (Å²) >= 11 is 0. The number of hydrogen-bond acceptors (Lipinski definition) is 4. The van der Waals surface area contributed by atoms with Crippen LogP contribution in [0.2, 0.25) is 0 Å². The average molecular weight is 482 g/mol. The Morgan fingerprint density at radius 3 is 2.47 bits per heavy atom. The number of rotatable bonds is 2. The van der Waals surface area contributed by atoms with Gasteiger partial charge in [-0.05, 0) is 45.0 Å². The number of carbonyl (C=O) groups is 1. The number of hydrogen-bond donors (Lipinski definition) is 0. The van der Waals surface area contributed by atoms with Gasteiger partial charge in [-0.1, -0.05) is 0 Å². The van der Waals surface area contributed by atoms with Crippen molar-refractivity contribution in [3.63, 3.8) is 0 Å². The standard InChI is InChI=1S/C22H23F5N6O/c1-13-11-15(18(23)24)33-19(29-13)14(12-28-33)20(34)31-7-5-21(6-8-31)16-3-4-17(22(25,26)27)32(16)10-9-30(21)2/h3-4,11-12,18H,5-10H2,1-2H3. The van der Waals surface area contributed by atoms with Crippen molar-refractivity contribution in [3.05, 3.63) is 52.7 Å². The summed E-state index contributed by atoms with van der Waals surface area (Å²) in [5.41, 5.74) is -0.465. The van der Waals surface area contributed by atoms with Crippen LogP contribution in [0.15, 0.2) is 24.4 Å². The number of likely N-dealkylation sites (tertiary alicyclic amines) is 1. The SMILES string of the molecule is Cc1cc(C(F)F)n2ncc(C(=O)N3CCC4(CC3)c3ccc(C(F)(F)F)n3CCN4C)c2n1. The van der Waals surface area contributed by atoms with E-state index in [0.717, 1.165) is 10.6 Å². The maximum atomic E-state index is 13.5. The molecule has 1 saturated heterocycles. The minimum absolute atomic E-state index is 0.0686. The summed E-state index contributed by atoms with van der Waals surface area (Å²) < 4.78 is 69.6. The molecule has 0 N–H and O–H groups in total. The molecule has 0 atom stereocenters. The molecule has 1 amide bonds. The van der Waals surface area contributed by atoms with Gasteiger partial charge in [0.2, 0.25) is 0 Å². The fraction of sp³-hybridized carbons (Fsp3) is 0.500. The van der Waals surface area contributed by atoms with Gasteiger partial charge >= 0.3 is 6.18 Å². The van der Waals surface area contributed by atoms with Crippen LogP contribution in [0.5, 0.6) is 0 Å². The van der Waals surface area contributed by atoms with Crippen molar-refractivity contribution in [1.29, 1.82) is 0 Å². The molecule has 0 bridgehead atoms. The lowest BCUT2D eigenvalue weighted by Gasteiger charge is -2.50. The van der Waals surface area contributed by atoms with Crippen LogP contribution in [0.25, 0.3) is 5.65 Å². The second-order valence-electron chi connectivity index (χ2n) is 8.92. The molecule has 3 aromatic heterocycles. The molecule has 2 aliphatic rings. The fourth-order valence-corrected chi connectivity index (χ4v) is 5.33. The Labute approximate surface area is 191 Å². The van der Waals surface area contributed by atoms with E-state index in [-0.39, 0.29) is 29.4 Å². The molecule has 12 heteroatoms. The van der Waals surface area contributed by atoms with Gasteiger partial charge in [-0.15, -0.1) is 0 Å². The predicted octanol–water partition coefficient (Wildman–Crippen LogP) is 3.87. The highest BCUT2D eigenvalue weighted by molar-refractivity contribution is 5.99. The lowest BCUT2D eigenvalue weighted by molar-refractivity contribution is -0.144. The van der Waals surface area contributed by atoms with Gasteiger partial charge in [0.1, 0.15) is 17.0 Å². The van der Waals surface area contributed by atoms with Crippen LogP contribution in [-0.4, -0.2) is 61.6 Å². The van der Waals surface area contributed by atoms with Crippen molar-refractivity contribution < 1.29 is 26.7 Å². The van der Waals surface area contributed by atoms with Gasteiger partial charge in [-0.2, -0.15) is 18.3 Å². The monoisotopic (exact) mass is 482 g/mol. The number of likely N-dealkylation sites (N-methyl/N-ethyl adjacent to an activating group) is 1. The van der Waals surface area contributed by atoms with Crippen LogP contribution in [0, 0.1) is 6.92 Å². The summed E-state index contributed by atoms with van der Waals surface area (Å²) in [6, 6.07) is 3.90. The number of carbonyl (C=O) groups excluding carboxylic acids is 1. The van der Waals surface area contributed by atoms with E-state index < -0.39 is 23.8 Å². The minimum Gasteiger partial charge on any atom is -0.338 e. The molecule has 0 saturated carbocycles. The van der Waals surface area contributed by atoms with Gasteiger partial charge in [0, 0.05) is 37.6 Å². The van der Waals surface area contributed by atoms with Crippen LogP contribution in [0.1, 0.15) is 52.4 Å². The Morgan fingerprint density at radius 2 is 1.82 bits per heavy atom. The molecule has 5 rings (SSSR count). The average Bonchev–Trinajstić information content (AvgIpc) is 3.40. The maximum absolute atomic E-state index is 13.5. The zero-order chi connectivity index (χ0) is 24.4. The smallest absolute Gasteiger partial charge is 0.338 e. The van der Waals surface area contributed by atoms with Gasteiger partial charge in [0.05, 0.1) is 11.7 Å². The zero-order valence-electron chi connectivity index (χ0n) is 18.6. The Morgan fingerprint density at radius 1 is 1.12 bits per heavy atom. The van der Waals surface area contributed by atoms with E-state index in [4.69, 9.17) is 0 Å². The van der Waals surface area contributed by atoms with Gasteiger partial charge in [-0.25, -0.2) is 18.3 Å². The summed E-state index contributed by atoms with van der Waals surface area (Å²) in [5.74, 6) is -0.381. The van der Waals surface area contributed by atoms with E-state index in [1.54, 1.807) is 17.9 Å². The molecule has 2 aliphatic heterocycles. The lowest BCUT2D eigenvalue weighted by Crippen LogP contribution is -2.56. The highest BCUT2D eigenvalue weighted by Crippen LogP contribution is 2.44. The number of amides is 1. The molecule has 7 nitrogen and oxygen atoms in total. The van der Waals surface area contributed by atoms with E-state index in [0.29, 0.717) is 43.9 Å². The zero-order valence-corrected chi connectivity index (χ0v) is 18.6. The number of alkyl halides is 5. The Balaban J connectivity index is 1.43. The fourth-order valence-electron chi connectivity index (χ4n) is 5.33. The van der Waals surface area contributed by atoms with Crippen LogP contribution in [-0.2, 0) is 18.3 Å². The number of aromatic nitrogens is 4. The first-order valence-electron chi connectivity index (χ1n) is 10.9. The first-order chi connectivity index (χ1) is 16.0. The van der Waals surface area contributed by atoms with Crippen molar-refractivity contribution in [3.8, 4) is 0 Å². The normalized spacial score (nSPS) is 18.8. The number of aryl methyl sites for hydroxylation is 1. The van der Waals surface area contributed by atoms with Crippen molar-refractivity contribution in [2.75, 3.05) is 26.7 Å². The van der Waals surface area contributed by atoms with Crippen LogP contribution in [0.3, 0.4) is 0 Å². The van der Waals surface area contributed by atoms with Crippen LogP contribution in [0.4, 0.5) is 22.0 Å². The summed E-state index contributed by atoms with van der Waals surface area (Å²) in [4.78, 5) is 21.2.